The van der Waals surface area contributed by atoms with E-state index in [-0.39, 0.29) is 5.56 Å². The minimum absolute atomic E-state index is 0.260. The molecule has 4 heteroatoms. The van der Waals surface area contributed by atoms with Gasteiger partial charge in [-0.1, -0.05) is 11.6 Å². The molecule has 1 aromatic heterocycles. The maximum absolute atomic E-state index is 11.2. The Morgan fingerprint density at radius 3 is 2.61 bits per heavy atom. The van der Waals surface area contributed by atoms with Gasteiger partial charge in [-0.25, -0.2) is 4.79 Å². The number of nitrogens with one attached hydrogen (secondary N) is 1. The Labute approximate surface area is 105 Å². The quantitative estimate of drug-likeness (QED) is 0.868. The molecule has 0 fully saturated rings. The molecule has 2 aromatic rings. The first-order valence-electron chi connectivity index (χ1n) is 5.60. The molecule has 0 aliphatic heterocycles. The van der Waals surface area contributed by atoms with Crippen LogP contribution < -0.4 is 5.32 Å². The van der Waals surface area contributed by atoms with Crippen molar-refractivity contribution >= 4 is 17.3 Å². The van der Waals surface area contributed by atoms with Crippen molar-refractivity contribution in [2.45, 2.75) is 13.8 Å². The number of aryl methyl sites for hydroxylation is 2. The molecule has 0 aliphatic carbocycles. The van der Waals surface area contributed by atoms with E-state index >= 15 is 0 Å². The second kappa shape index (κ2) is 4.87. The third-order valence-electron chi connectivity index (χ3n) is 2.60. The number of benzene rings is 1. The first-order valence-corrected chi connectivity index (χ1v) is 5.60. The highest BCUT2D eigenvalue weighted by Crippen LogP contribution is 2.21. The summed E-state index contributed by atoms with van der Waals surface area (Å²) in [5.74, 6) is -0.943. The molecule has 2 rings (SSSR count). The lowest BCUT2D eigenvalue weighted by Crippen LogP contribution is -2.03. The van der Waals surface area contributed by atoms with Crippen LogP contribution in [-0.2, 0) is 0 Å². The maximum atomic E-state index is 11.2. The fraction of sp³-hybridized carbons (Fsp3) is 0.143. The van der Waals surface area contributed by atoms with Gasteiger partial charge in [0.1, 0.15) is 0 Å². The SMILES string of the molecule is Cc1ccc(Nc2ccc(C)nc2)c(C(=O)O)c1. The zero-order chi connectivity index (χ0) is 13.1. The Bertz CT molecular complexity index is 577. The van der Waals surface area contributed by atoms with Crippen LogP contribution in [0.15, 0.2) is 36.5 Å². The first kappa shape index (κ1) is 12.1. The van der Waals surface area contributed by atoms with Gasteiger partial charge in [0, 0.05) is 5.69 Å². The van der Waals surface area contributed by atoms with E-state index in [0.29, 0.717) is 5.69 Å². The Kier molecular flexibility index (Phi) is 3.28. The van der Waals surface area contributed by atoms with Gasteiger partial charge in [-0.15, -0.1) is 0 Å². The molecule has 92 valence electrons. The Morgan fingerprint density at radius 2 is 2.00 bits per heavy atom. The molecule has 18 heavy (non-hydrogen) atoms. The Hall–Kier alpha value is -2.36. The van der Waals surface area contributed by atoms with Gasteiger partial charge < -0.3 is 10.4 Å². The fourth-order valence-corrected chi connectivity index (χ4v) is 1.64. The first-order chi connectivity index (χ1) is 8.56. The number of anilines is 2. The molecule has 0 bridgehead atoms. The van der Waals surface area contributed by atoms with Crippen LogP contribution in [0.2, 0.25) is 0 Å². The van der Waals surface area contributed by atoms with Crippen LogP contribution in [-0.4, -0.2) is 16.1 Å². The van der Waals surface area contributed by atoms with E-state index in [9.17, 15) is 4.79 Å². The van der Waals surface area contributed by atoms with E-state index in [4.69, 9.17) is 5.11 Å². The molecule has 0 aliphatic rings. The van der Waals surface area contributed by atoms with Crippen molar-refractivity contribution in [3.05, 3.63) is 53.3 Å². The van der Waals surface area contributed by atoms with Gasteiger partial charge in [0.2, 0.25) is 0 Å². The number of rotatable bonds is 3. The largest absolute Gasteiger partial charge is 0.478 e. The van der Waals surface area contributed by atoms with Crippen LogP contribution in [0.1, 0.15) is 21.6 Å². The highest BCUT2D eigenvalue weighted by atomic mass is 16.4. The lowest BCUT2D eigenvalue weighted by atomic mass is 10.1. The number of hydrogen-bond donors (Lipinski definition) is 2. The van der Waals surface area contributed by atoms with Gasteiger partial charge in [-0.2, -0.15) is 0 Å². The molecule has 0 saturated heterocycles. The minimum Gasteiger partial charge on any atom is -0.478 e. The molecule has 0 saturated carbocycles. The number of hydrogen-bond acceptors (Lipinski definition) is 3. The number of aromatic carboxylic acids is 1. The van der Waals surface area contributed by atoms with E-state index in [1.54, 1.807) is 18.3 Å². The maximum Gasteiger partial charge on any atom is 0.337 e. The topological polar surface area (TPSA) is 62.2 Å². The zero-order valence-electron chi connectivity index (χ0n) is 10.3. The molecular formula is C14H14N2O2. The summed E-state index contributed by atoms with van der Waals surface area (Å²) in [6, 6.07) is 9.02. The van der Waals surface area contributed by atoms with Crippen molar-refractivity contribution in [1.29, 1.82) is 0 Å². The van der Waals surface area contributed by atoms with Crippen LogP contribution >= 0.6 is 0 Å². The molecule has 0 atom stereocenters. The Morgan fingerprint density at radius 1 is 1.22 bits per heavy atom. The summed E-state index contributed by atoms with van der Waals surface area (Å²) in [6.07, 6.45) is 1.68. The van der Waals surface area contributed by atoms with Gasteiger partial charge in [0.25, 0.3) is 0 Å². The number of carboxylic acids is 1. The van der Waals surface area contributed by atoms with Gasteiger partial charge in [-0.3, -0.25) is 4.98 Å². The predicted octanol–water partition coefficient (Wildman–Crippen LogP) is 3.14. The molecular weight excluding hydrogens is 228 g/mol. The number of nitrogens with zero attached hydrogens (tertiary/aromatic N) is 1. The summed E-state index contributed by atoms with van der Waals surface area (Å²) < 4.78 is 0. The summed E-state index contributed by atoms with van der Waals surface area (Å²) in [5, 5.41) is 12.2. The number of carbonyl (C=O) groups is 1. The van der Waals surface area contributed by atoms with E-state index in [1.807, 2.05) is 32.0 Å². The van der Waals surface area contributed by atoms with Gasteiger partial charge >= 0.3 is 5.97 Å². The number of carboxylic acid groups (broad SMARTS) is 1. The zero-order valence-corrected chi connectivity index (χ0v) is 10.3. The molecule has 0 radical (unpaired) electrons. The highest BCUT2D eigenvalue weighted by molar-refractivity contribution is 5.95. The Balaban J connectivity index is 2.34. The van der Waals surface area contributed by atoms with E-state index in [1.165, 1.54) is 0 Å². The lowest BCUT2D eigenvalue weighted by molar-refractivity contribution is 0.0698. The summed E-state index contributed by atoms with van der Waals surface area (Å²) in [4.78, 5) is 15.3. The van der Waals surface area contributed by atoms with Crippen molar-refractivity contribution in [3.8, 4) is 0 Å². The van der Waals surface area contributed by atoms with Crippen LogP contribution in [0, 0.1) is 13.8 Å². The summed E-state index contributed by atoms with van der Waals surface area (Å²) >= 11 is 0. The average molecular weight is 242 g/mol. The molecule has 0 unspecified atom stereocenters. The van der Waals surface area contributed by atoms with Crippen LogP contribution in [0.3, 0.4) is 0 Å². The average Bonchev–Trinajstić information content (AvgIpc) is 2.34. The smallest absolute Gasteiger partial charge is 0.337 e. The predicted molar refractivity (Wildman–Crippen MR) is 70.4 cm³/mol. The van der Waals surface area contributed by atoms with Gasteiger partial charge in [0.15, 0.2) is 0 Å². The summed E-state index contributed by atoms with van der Waals surface area (Å²) in [7, 11) is 0. The van der Waals surface area contributed by atoms with Gasteiger partial charge in [0.05, 0.1) is 23.1 Å². The highest BCUT2D eigenvalue weighted by Gasteiger charge is 2.10. The molecule has 2 N–H and O–H groups in total. The summed E-state index contributed by atoms with van der Waals surface area (Å²) in [6.45, 7) is 3.77. The molecule has 0 amide bonds. The van der Waals surface area contributed by atoms with Crippen molar-refractivity contribution in [2.24, 2.45) is 0 Å². The van der Waals surface area contributed by atoms with Gasteiger partial charge in [-0.05, 0) is 38.1 Å². The van der Waals surface area contributed by atoms with Crippen molar-refractivity contribution in [1.82, 2.24) is 4.98 Å². The van der Waals surface area contributed by atoms with E-state index in [0.717, 1.165) is 16.9 Å². The number of pyridine rings is 1. The third-order valence-corrected chi connectivity index (χ3v) is 2.60. The monoisotopic (exact) mass is 242 g/mol. The second-order valence-corrected chi connectivity index (χ2v) is 4.17. The second-order valence-electron chi connectivity index (χ2n) is 4.17. The lowest BCUT2D eigenvalue weighted by Gasteiger charge is -2.10. The molecule has 1 aromatic carbocycles. The van der Waals surface area contributed by atoms with Crippen LogP contribution in [0.4, 0.5) is 11.4 Å². The fourth-order valence-electron chi connectivity index (χ4n) is 1.64. The van der Waals surface area contributed by atoms with Crippen molar-refractivity contribution < 1.29 is 9.90 Å². The van der Waals surface area contributed by atoms with E-state index < -0.39 is 5.97 Å². The normalized spacial score (nSPS) is 10.1. The molecule has 0 spiro atoms. The van der Waals surface area contributed by atoms with Crippen LogP contribution in [0.5, 0.6) is 0 Å². The van der Waals surface area contributed by atoms with Crippen molar-refractivity contribution in [3.63, 3.8) is 0 Å². The standard InChI is InChI=1S/C14H14N2O2/c1-9-3-6-13(12(7-9)14(17)18)16-11-5-4-10(2)15-8-11/h3-8,16H,1-2H3,(H,17,18). The third kappa shape index (κ3) is 2.66. The van der Waals surface area contributed by atoms with Crippen LogP contribution in [0.25, 0.3) is 0 Å². The van der Waals surface area contributed by atoms with E-state index in [2.05, 4.69) is 10.3 Å². The summed E-state index contributed by atoms with van der Waals surface area (Å²) in [5.41, 5.74) is 3.43. The molecule has 4 nitrogen and oxygen atoms in total. The number of aromatic nitrogens is 1. The molecule has 1 heterocycles. The minimum atomic E-state index is -0.943. The van der Waals surface area contributed by atoms with Crippen molar-refractivity contribution in [2.75, 3.05) is 5.32 Å².